The second-order valence-corrected chi connectivity index (χ2v) is 4.63. The highest BCUT2D eigenvalue weighted by atomic mass is 16.2. The van der Waals surface area contributed by atoms with Crippen LogP contribution in [-0.4, -0.2) is 21.1 Å². The van der Waals surface area contributed by atoms with Crippen LogP contribution in [0, 0.1) is 0 Å². The number of rotatable bonds is 5. The minimum atomic E-state index is -0.638. The van der Waals surface area contributed by atoms with Crippen LogP contribution in [0.2, 0.25) is 0 Å². The molecule has 7 heteroatoms. The van der Waals surface area contributed by atoms with Crippen LogP contribution in [0.15, 0.2) is 15.8 Å². The van der Waals surface area contributed by atoms with Gasteiger partial charge in [0.25, 0.3) is 5.56 Å². The third-order valence-corrected chi connectivity index (χ3v) is 2.79. The monoisotopic (exact) mass is 268 g/mol. The summed E-state index contributed by atoms with van der Waals surface area (Å²) in [6.07, 6.45) is 3.04. The summed E-state index contributed by atoms with van der Waals surface area (Å²) in [7, 11) is 1.48. The van der Waals surface area contributed by atoms with Gasteiger partial charge in [-0.2, -0.15) is 0 Å². The lowest BCUT2D eigenvalue weighted by molar-refractivity contribution is -0.122. The Morgan fingerprint density at radius 1 is 1.47 bits per heavy atom. The van der Waals surface area contributed by atoms with Crippen LogP contribution in [0.25, 0.3) is 0 Å². The fraction of sp³-hybridized carbons (Fsp3) is 0.583. The van der Waals surface area contributed by atoms with Gasteiger partial charge in [0.1, 0.15) is 12.2 Å². The van der Waals surface area contributed by atoms with Crippen LogP contribution >= 0.6 is 0 Å². The Morgan fingerprint density at radius 2 is 2.11 bits per heavy atom. The van der Waals surface area contributed by atoms with Gasteiger partial charge in [0.2, 0.25) is 5.91 Å². The van der Waals surface area contributed by atoms with Gasteiger partial charge in [0.05, 0.1) is 0 Å². The Labute approximate surface area is 111 Å². The fourth-order valence-corrected chi connectivity index (χ4v) is 1.86. The van der Waals surface area contributed by atoms with Gasteiger partial charge in [0, 0.05) is 19.3 Å². The zero-order valence-corrected chi connectivity index (χ0v) is 11.5. The molecule has 1 heterocycles. The molecule has 1 unspecified atom stereocenters. The first kappa shape index (κ1) is 15.0. The first-order valence-electron chi connectivity index (χ1n) is 6.22. The molecule has 1 aromatic rings. The molecule has 7 nitrogen and oxygen atoms in total. The topological polar surface area (TPSA) is 99.1 Å². The van der Waals surface area contributed by atoms with E-state index in [-0.39, 0.29) is 24.2 Å². The van der Waals surface area contributed by atoms with E-state index in [0.29, 0.717) is 0 Å². The summed E-state index contributed by atoms with van der Waals surface area (Å²) in [5.74, 6) is -0.370. The number of hydrogen-bond donors (Lipinski definition) is 2. The molecular weight excluding hydrogens is 248 g/mol. The minimum absolute atomic E-state index is 0.0121. The molecule has 19 heavy (non-hydrogen) atoms. The number of nitrogens with one attached hydrogen (secondary N) is 1. The number of carbonyl (C=O) groups excluding carboxylic acids is 1. The summed E-state index contributed by atoms with van der Waals surface area (Å²) in [6, 6.07) is 0.0121. The van der Waals surface area contributed by atoms with E-state index in [1.807, 2.05) is 13.8 Å². The molecule has 0 fully saturated rings. The molecule has 1 rings (SSSR count). The van der Waals surface area contributed by atoms with Crippen molar-refractivity contribution in [2.45, 2.75) is 39.3 Å². The third kappa shape index (κ3) is 3.70. The second kappa shape index (κ2) is 6.21. The van der Waals surface area contributed by atoms with Crippen LogP contribution in [-0.2, 0) is 18.4 Å². The lowest BCUT2D eigenvalue weighted by Gasteiger charge is -2.13. The SMILES string of the molecule is CCCC(C)NC(=O)Cn1c(=O)c(N)cn(C)c1=O. The van der Waals surface area contributed by atoms with E-state index in [9.17, 15) is 14.4 Å². The van der Waals surface area contributed by atoms with Crippen LogP contribution in [0.5, 0.6) is 0 Å². The summed E-state index contributed by atoms with van der Waals surface area (Å²) in [6.45, 7) is 3.58. The van der Waals surface area contributed by atoms with E-state index in [1.165, 1.54) is 17.8 Å². The van der Waals surface area contributed by atoms with Gasteiger partial charge < -0.3 is 15.6 Å². The summed E-state index contributed by atoms with van der Waals surface area (Å²) in [5.41, 5.74) is 4.24. The van der Waals surface area contributed by atoms with Crippen LogP contribution in [0.4, 0.5) is 5.69 Å². The Hall–Kier alpha value is -2.05. The second-order valence-electron chi connectivity index (χ2n) is 4.63. The molecule has 0 saturated carbocycles. The van der Waals surface area contributed by atoms with Gasteiger partial charge in [-0.15, -0.1) is 0 Å². The molecule has 0 aliphatic carbocycles. The first-order valence-corrected chi connectivity index (χ1v) is 6.22. The smallest absolute Gasteiger partial charge is 0.331 e. The Bertz CT molecular complexity index is 539. The Balaban J connectivity index is 2.92. The number of nitrogen functional groups attached to an aromatic ring is 1. The maximum Gasteiger partial charge on any atom is 0.331 e. The molecule has 0 bridgehead atoms. The zero-order valence-electron chi connectivity index (χ0n) is 11.5. The van der Waals surface area contributed by atoms with E-state index in [2.05, 4.69) is 5.32 Å². The van der Waals surface area contributed by atoms with Crippen molar-refractivity contribution in [3.63, 3.8) is 0 Å². The normalized spacial score (nSPS) is 12.2. The standard InChI is InChI=1S/C12H20N4O3/c1-4-5-8(2)14-10(17)7-16-11(18)9(13)6-15(3)12(16)19/h6,8H,4-5,7,13H2,1-3H3,(H,14,17). The van der Waals surface area contributed by atoms with E-state index in [1.54, 1.807) is 0 Å². The molecule has 106 valence electrons. The van der Waals surface area contributed by atoms with Crippen molar-refractivity contribution in [3.8, 4) is 0 Å². The molecule has 1 atom stereocenters. The van der Waals surface area contributed by atoms with Crippen LogP contribution in [0.1, 0.15) is 26.7 Å². The number of aryl methyl sites for hydroxylation is 1. The maximum atomic E-state index is 11.8. The number of hydrogen-bond acceptors (Lipinski definition) is 4. The molecule has 1 amide bonds. The predicted octanol–water partition coefficient (Wildman–Crippen LogP) is -0.566. The average molecular weight is 268 g/mol. The van der Waals surface area contributed by atoms with Gasteiger partial charge >= 0.3 is 5.69 Å². The van der Waals surface area contributed by atoms with Crippen molar-refractivity contribution in [2.75, 3.05) is 5.73 Å². The van der Waals surface area contributed by atoms with Gasteiger partial charge in [-0.25, -0.2) is 9.36 Å². The highest BCUT2D eigenvalue weighted by molar-refractivity contribution is 5.76. The summed E-state index contributed by atoms with van der Waals surface area (Å²) >= 11 is 0. The summed E-state index contributed by atoms with van der Waals surface area (Å²) in [4.78, 5) is 35.3. The number of aromatic nitrogens is 2. The molecule has 0 radical (unpaired) electrons. The molecule has 0 saturated heterocycles. The van der Waals surface area contributed by atoms with Gasteiger partial charge in [-0.3, -0.25) is 9.59 Å². The number of carbonyl (C=O) groups is 1. The summed E-state index contributed by atoms with van der Waals surface area (Å²) < 4.78 is 2.02. The number of anilines is 1. The quantitative estimate of drug-likeness (QED) is 0.747. The van der Waals surface area contributed by atoms with E-state index < -0.39 is 11.2 Å². The van der Waals surface area contributed by atoms with Crippen molar-refractivity contribution < 1.29 is 4.79 Å². The van der Waals surface area contributed by atoms with Crippen molar-refractivity contribution in [3.05, 3.63) is 27.0 Å². The number of nitrogens with zero attached hydrogens (tertiary/aromatic N) is 2. The first-order chi connectivity index (χ1) is 8.86. The minimum Gasteiger partial charge on any atom is -0.393 e. The van der Waals surface area contributed by atoms with Crippen molar-refractivity contribution in [1.29, 1.82) is 0 Å². The van der Waals surface area contributed by atoms with E-state index in [4.69, 9.17) is 5.73 Å². The number of nitrogens with two attached hydrogens (primary N) is 1. The zero-order chi connectivity index (χ0) is 14.6. The van der Waals surface area contributed by atoms with Gasteiger partial charge in [-0.1, -0.05) is 13.3 Å². The maximum absolute atomic E-state index is 11.8. The molecule has 0 aromatic carbocycles. The molecule has 1 aromatic heterocycles. The third-order valence-electron chi connectivity index (χ3n) is 2.79. The largest absolute Gasteiger partial charge is 0.393 e. The van der Waals surface area contributed by atoms with Crippen molar-refractivity contribution >= 4 is 11.6 Å². The van der Waals surface area contributed by atoms with Crippen LogP contribution in [0.3, 0.4) is 0 Å². The summed E-state index contributed by atoms with van der Waals surface area (Å²) in [5, 5.41) is 2.74. The van der Waals surface area contributed by atoms with Gasteiger partial charge in [0.15, 0.2) is 0 Å². The van der Waals surface area contributed by atoms with Gasteiger partial charge in [-0.05, 0) is 13.3 Å². The molecule has 0 aliphatic heterocycles. The average Bonchev–Trinajstić information content (AvgIpc) is 2.32. The lowest BCUT2D eigenvalue weighted by Crippen LogP contribution is -2.45. The van der Waals surface area contributed by atoms with E-state index >= 15 is 0 Å². The molecule has 0 aliphatic rings. The van der Waals surface area contributed by atoms with Crippen molar-refractivity contribution in [2.24, 2.45) is 7.05 Å². The molecule has 3 N–H and O–H groups in total. The fourth-order valence-electron chi connectivity index (χ4n) is 1.86. The Morgan fingerprint density at radius 3 is 2.68 bits per heavy atom. The Kier molecular flexibility index (Phi) is 4.91. The number of amides is 1. The van der Waals surface area contributed by atoms with Crippen molar-refractivity contribution in [1.82, 2.24) is 14.5 Å². The predicted molar refractivity (Wildman–Crippen MR) is 72.9 cm³/mol. The molecular formula is C12H20N4O3. The molecule has 0 spiro atoms. The highest BCUT2D eigenvalue weighted by Gasteiger charge is 2.12. The lowest BCUT2D eigenvalue weighted by atomic mass is 10.2. The van der Waals surface area contributed by atoms with Crippen LogP contribution < -0.4 is 22.3 Å². The van der Waals surface area contributed by atoms with E-state index in [0.717, 1.165) is 17.4 Å². The highest BCUT2D eigenvalue weighted by Crippen LogP contribution is 1.94.